The zero-order valence-corrected chi connectivity index (χ0v) is 11.3. The SMILES string of the molecule is COc1ccc(-n2c(C)ccc2C)c2cccnc12. The number of ether oxygens (including phenoxy) is 1. The first-order chi connectivity index (χ1) is 9.22. The highest BCUT2D eigenvalue weighted by molar-refractivity contribution is 5.91. The Kier molecular flexibility index (Phi) is 2.75. The minimum Gasteiger partial charge on any atom is -0.494 e. The second-order valence-electron chi connectivity index (χ2n) is 4.64. The Labute approximate surface area is 112 Å². The summed E-state index contributed by atoms with van der Waals surface area (Å²) in [6, 6.07) is 12.4. The molecule has 3 rings (SSSR count). The topological polar surface area (TPSA) is 27.1 Å². The third kappa shape index (κ3) is 1.78. The predicted molar refractivity (Wildman–Crippen MR) is 77.1 cm³/mol. The Balaban J connectivity index is 2.38. The average Bonchev–Trinajstić information content (AvgIpc) is 2.77. The molecule has 0 radical (unpaired) electrons. The first-order valence-corrected chi connectivity index (χ1v) is 6.29. The maximum atomic E-state index is 5.39. The van der Waals surface area contributed by atoms with Gasteiger partial charge < -0.3 is 9.30 Å². The molecule has 3 heteroatoms. The first-order valence-electron chi connectivity index (χ1n) is 6.29. The molecule has 2 heterocycles. The van der Waals surface area contributed by atoms with Gasteiger partial charge in [0.25, 0.3) is 0 Å². The van der Waals surface area contributed by atoms with Crippen molar-refractivity contribution in [2.24, 2.45) is 0 Å². The lowest BCUT2D eigenvalue weighted by atomic mass is 10.1. The van der Waals surface area contributed by atoms with Crippen LogP contribution in [0.15, 0.2) is 42.6 Å². The maximum absolute atomic E-state index is 5.39. The number of aromatic nitrogens is 2. The highest BCUT2D eigenvalue weighted by atomic mass is 16.5. The second kappa shape index (κ2) is 4.43. The molecule has 0 atom stereocenters. The number of nitrogens with zero attached hydrogens (tertiary/aromatic N) is 2. The number of hydrogen-bond acceptors (Lipinski definition) is 2. The van der Waals surface area contributed by atoms with Crippen LogP contribution in [0, 0.1) is 13.8 Å². The molecule has 0 aliphatic carbocycles. The highest BCUT2D eigenvalue weighted by Gasteiger charge is 2.11. The van der Waals surface area contributed by atoms with E-state index in [4.69, 9.17) is 4.74 Å². The summed E-state index contributed by atoms with van der Waals surface area (Å²) in [7, 11) is 1.68. The molecule has 0 saturated heterocycles. The molecule has 0 aliphatic rings. The van der Waals surface area contributed by atoms with Gasteiger partial charge in [0.05, 0.1) is 12.8 Å². The molecule has 96 valence electrons. The van der Waals surface area contributed by atoms with E-state index in [0.29, 0.717) is 0 Å². The molecule has 0 saturated carbocycles. The number of methoxy groups -OCH3 is 1. The average molecular weight is 252 g/mol. The number of rotatable bonds is 2. The number of hydrogen-bond donors (Lipinski definition) is 0. The Morgan fingerprint density at radius 1 is 1.00 bits per heavy atom. The summed E-state index contributed by atoms with van der Waals surface area (Å²) >= 11 is 0. The quantitative estimate of drug-likeness (QED) is 0.696. The van der Waals surface area contributed by atoms with Gasteiger partial charge in [-0.3, -0.25) is 4.98 Å². The summed E-state index contributed by atoms with van der Waals surface area (Å²) in [6.07, 6.45) is 1.80. The van der Waals surface area contributed by atoms with Crippen molar-refractivity contribution >= 4 is 10.9 Å². The number of fused-ring (bicyclic) bond motifs is 1. The van der Waals surface area contributed by atoms with Crippen LogP contribution in [0.2, 0.25) is 0 Å². The molecule has 0 aliphatic heterocycles. The second-order valence-corrected chi connectivity index (χ2v) is 4.64. The normalized spacial score (nSPS) is 10.9. The summed E-state index contributed by atoms with van der Waals surface area (Å²) in [6.45, 7) is 4.22. The minimum absolute atomic E-state index is 0.807. The third-order valence-corrected chi connectivity index (χ3v) is 3.44. The Bertz CT molecular complexity index is 724. The van der Waals surface area contributed by atoms with Gasteiger partial charge in [0.15, 0.2) is 0 Å². The van der Waals surface area contributed by atoms with Crippen molar-refractivity contribution in [2.75, 3.05) is 7.11 Å². The van der Waals surface area contributed by atoms with Crippen molar-refractivity contribution in [3.8, 4) is 11.4 Å². The van der Waals surface area contributed by atoms with E-state index >= 15 is 0 Å². The van der Waals surface area contributed by atoms with Gasteiger partial charge in [-0.1, -0.05) is 0 Å². The first kappa shape index (κ1) is 11.8. The Morgan fingerprint density at radius 3 is 2.42 bits per heavy atom. The monoisotopic (exact) mass is 252 g/mol. The van der Waals surface area contributed by atoms with Gasteiger partial charge in [0.2, 0.25) is 0 Å². The van der Waals surface area contributed by atoms with Gasteiger partial charge in [-0.05, 0) is 50.2 Å². The zero-order chi connectivity index (χ0) is 13.4. The molecule has 2 aromatic heterocycles. The lowest BCUT2D eigenvalue weighted by Crippen LogP contribution is -2.00. The molecule has 0 amide bonds. The van der Waals surface area contributed by atoms with Crippen LogP contribution in [0.25, 0.3) is 16.6 Å². The lowest BCUT2D eigenvalue weighted by molar-refractivity contribution is 0.419. The van der Waals surface area contributed by atoms with Gasteiger partial charge in [-0.25, -0.2) is 0 Å². The number of aryl methyl sites for hydroxylation is 2. The van der Waals surface area contributed by atoms with Gasteiger partial charge in [0, 0.05) is 23.0 Å². The van der Waals surface area contributed by atoms with Crippen LogP contribution in [-0.2, 0) is 0 Å². The van der Waals surface area contributed by atoms with Crippen molar-refractivity contribution < 1.29 is 4.74 Å². The highest BCUT2D eigenvalue weighted by Crippen LogP contribution is 2.30. The number of benzene rings is 1. The molecule has 0 bridgehead atoms. The van der Waals surface area contributed by atoms with E-state index in [1.54, 1.807) is 13.3 Å². The van der Waals surface area contributed by atoms with E-state index in [0.717, 1.165) is 22.3 Å². The van der Waals surface area contributed by atoms with Crippen molar-refractivity contribution in [2.45, 2.75) is 13.8 Å². The van der Waals surface area contributed by atoms with Gasteiger partial charge in [0.1, 0.15) is 11.3 Å². The third-order valence-electron chi connectivity index (χ3n) is 3.44. The van der Waals surface area contributed by atoms with Crippen molar-refractivity contribution in [3.05, 3.63) is 54.0 Å². The van der Waals surface area contributed by atoms with Crippen LogP contribution >= 0.6 is 0 Å². The maximum Gasteiger partial charge on any atom is 0.145 e. The van der Waals surface area contributed by atoms with Crippen LogP contribution in [0.5, 0.6) is 5.75 Å². The van der Waals surface area contributed by atoms with Crippen LogP contribution in [-0.4, -0.2) is 16.7 Å². The molecular formula is C16H16N2O. The van der Waals surface area contributed by atoms with Gasteiger partial charge in [-0.15, -0.1) is 0 Å². The summed E-state index contributed by atoms with van der Waals surface area (Å²) < 4.78 is 7.63. The fourth-order valence-corrected chi connectivity index (χ4v) is 2.54. The van der Waals surface area contributed by atoms with Gasteiger partial charge >= 0.3 is 0 Å². The molecule has 1 aromatic carbocycles. The minimum atomic E-state index is 0.807. The van der Waals surface area contributed by atoms with Crippen LogP contribution in [0.3, 0.4) is 0 Å². The van der Waals surface area contributed by atoms with Gasteiger partial charge in [-0.2, -0.15) is 0 Å². The van der Waals surface area contributed by atoms with E-state index in [-0.39, 0.29) is 0 Å². The summed E-state index contributed by atoms with van der Waals surface area (Å²) in [5.41, 5.74) is 4.47. The molecule has 0 fully saturated rings. The molecule has 0 N–H and O–H groups in total. The van der Waals surface area contributed by atoms with Crippen molar-refractivity contribution in [1.29, 1.82) is 0 Å². The van der Waals surface area contributed by atoms with Crippen LogP contribution < -0.4 is 4.74 Å². The fraction of sp³-hybridized carbons (Fsp3) is 0.188. The summed E-state index contributed by atoms with van der Waals surface area (Å²) in [4.78, 5) is 4.44. The van der Waals surface area contributed by atoms with E-state index < -0.39 is 0 Å². The molecule has 3 nitrogen and oxygen atoms in total. The lowest BCUT2D eigenvalue weighted by Gasteiger charge is -2.14. The predicted octanol–water partition coefficient (Wildman–Crippen LogP) is 3.65. The van der Waals surface area contributed by atoms with Crippen molar-refractivity contribution in [1.82, 2.24) is 9.55 Å². The van der Waals surface area contributed by atoms with Crippen LogP contribution in [0.4, 0.5) is 0 Å². The zero-order valence-electron chi connectivity index (χ0n) is 11.3. The summed E-state index contributed by atoms with van der Waals surface area (Å²) in [5, 5.41) is 1.10. The van der Waals surface area contributed by atoms with E-state index in [1.807, 2.05) is 12.1 Å². The molecule has 0 spiro atoms. The Morgan fingerprint density at radius 2 is 1.74 bits per heavy atom. The molecule has 19 heavy (non-hydrogen) atoms. The van der Waals surface area contributed by atoms with E-state index in [2.05, 4.69) is 47.7 Å². The fourth-order valence-electron chi connectivity index (χ4n) is 2.54. The largest absolute Gasteiger partial charge is 0.494 e. The molecule has 0 unspecified atom stereocenters. The Hall–Kier alpha value is -2.29. The van der Waals surface area contributed by atoms with Crippen LogP contribution in [0.1, 0.15) is 11.4 Å². The van der Waals surface area contributed by atoms with Crippen molar-refractivity contribution in [3.63, 3.8) is 0 Å². The smallest absolute Gasteiger partial charge is 0.145 e. The standard InChI is InChI=1S/C16H16N2O/c1-11-6-7-12(2)18(11)14-8-9-15(19-3)16-13(14)5-4-10-17-16/h4-10H,1-3H3. The van der Waals surface area contributed by atoms with E-state index in [1.165, 1.54) is 11.4 Å². The molecular weight excluding hydrogens is 236 g/mol. The summed E-state index contributed by atoms with van der Waals surface area (Å²) in [5.74, 6) is 0.807. The number of pyridine rings is 1. The molecule has 3 aromatic rings. The van der Waals surface area contributed by atoms with E-state index in [9.17, 15) is 0 Å².